The van der Waals surface area contributed by atoms with Gasteiger partial charge in [-0.3, -0.25) is 15.1 Å². The van der Waals surface area contributed by atoms with Crippen LogP contribution >= 0.6 is 12.2 Å². The Morgan fingerprint density at radius 3 is 2.50 bits per heavy atom. The van der Waals surface area contributed by atoms with Crippen molar-refractivity contribution in [2.24, 2.45) is 0 Å². The summed E-state index contributed by atoms with van der Waals surface area (Å²) in [7, 11) is 0. The van der Waals surface area contributed by atoms with Crippen molar-refractivity contribution in [2.45, 2.75) is 19.0 Å². The van der Waals surface area contributed by atoms with Crippen LogP contribution in [0, 0.1) is 22.9 Å². The summed E-state index contributed by atoms with van der Waals surface area (Å²) in [6, 6.07) is 20.3. The molecule has 5 rings (SSSR count). The molecule has 9 heteroatoms. The Kier molecular flexibility index (Phi) is 5.54. The van der Waals surface area contributed by atoms with E-state index in [1.165, 1.54) is 18.2 Å². The monoisotopic (exact) mass is 473 g/mol. The summed E-state index contributed by atoms with van der Waals surface area (Å²) in [5.74, 6) is -0.283. The first-order chi connectivity index (χ1) is 16.4. The van der Waals surface area contributed by atoms with E-state index in [4.69, 9.17) is 12.2 Å². The number of hydrogen-bond donors (Lipinski definition) is 1. The summed E-state index contributed by atoms with van der Waals surface area (Å²) in [4.78, 5) is 17.2. The number of halogens is 1. The third-order valence-corrected chi connectivity index (χ3v) is 6.25. The lowest BCUT2D eigenvalue weighted by Crippen LogP contribution is -2.30. The Morgan fingerprint density at radius 1 is 1.06 bits per heavy atom. The number of nitro benzene ring substituents is 1. The van der Waals surface area contributed by atoms with E-state index in [-0.39, 0.29) is 23.6 Å². The molecule has 1 fully saturated rings. The van der Waals surface area contributed by atoms with E-state index in [0.717, 1.165) is 22.8 Å². The van der Waals surface area contributed by atoms with Crippen LogP contribution in [0.2, 0.25) is 0 Å². The Labute approximate surface area is 200 Å². The van der Waals surface area contributed by atoms with Crippen molar-refractivity contribution < 1.29 is 9.31 Å². The van der Waals surface area contributed by atoms with Crippen LogP contribution in [0.4, 0.5) is 15.8 Å². The molecule has 2 atom stereocenters. The normalized spacial score (nSPS) is 17.6. The molecule has 4 aromatic rings. The van der Waals surface area contributed by atoms with Crippen LogP contribution in [0.25, 0.3) is 5.69 Å². The minimum absolute atomic E-state index is 0.0240. The molecular formula is C25H20FN5O2S. The standard InChI is InChI=1S/C25H20FN5O2S/c1-16-15-19(11-12-20(16)26)30-24(23(28-25(30)34)21-5-2-3-13-27-21)22-6-4-14-29(22)17-7-9-18(10-8-17)31(32)33/h2-15,23-24H,1H3,(H,28,34)/t23-,24+/m0/s1. The molecule has 170 valence electrons. The van der Waals surface area contributed by atoms with Crippen LogP contribution < -0.4 is 10.2 Å². The van der Waals surface area contributed by atoms with E-state index < -0.39 is 4.92 Å². The second kappa shape index (κ2) is 8.68. The molecule has 1 N–H and O–H groups in total. The van der Waals surface area contributed by atoms with E-state index in [1.54, 1.807) is 37.4 Å². The van der Waals surface area contributed by atoms with Crippen molar-refractivity contribution in [1.82, 2.24) is 14.9 Å². The topological polar surface area (TPSA) is 76.2 Å². The molecule has 0 amide bonds. The third kappa shape index (κ3) is 3.80. The molecule has 7 nitrogen and oxygen atoms in total. The number of nitro groups is 1. The van der Waals surface area contributed by atoms with Gasteiger partial charge in [0.05, 0.1) is 16.7 Å². The number of rotatable bonds is 5. The molecule has 34 heavy (non-hydrogen) atoms. The van der Waals surface area contributed by atoms with Gasteiger partial charge in [-0.1, -0.05) is 6.07 Å². The van der Waals surface area contributed by atoms with E-state index in [1.807, 2.05) is 46.0 Å². The molecule has 0 spiro atoms. The van der Waals surface area contributed by atoms with E-state index in [2.05, 4.69) is 10.3 Å². The molecule has 0 radical (unpaired) electrons. The molecule has 1 aliphatic heterocycles. The minimum Gasteiger partial charge on any atom is -0.351 e. The van der Waals surface area contributed by atoms with Gasteiger partial charge in [0.25, 0.3) is 5.69 Å². The number of hydrogen-bond acceptors (Lipinski definition) is 4. The van der Waals surface area contributed by atoms with Gasteiger partial charge >= 0.3 is 0 Å². The highest BCUT2D eigenvalue weighted by Gasteiger charge is 2.42. The summed E-state index contributed by atoms with van der Waals surface area (Å²) in [6.45, 7) is 1.72. The number of benzene rings is 2. The number of aromatic nitrogens is 2. The second-order valence-electron chi connectivity index (χ2n) is 8.01. The average molecular weight is 474 g/mol. The predicted molar refractivity (Wildman–Crippen MR) is 131 cm³/mol. The molecule has 0 aliphatic carbocycles. The van der Waals surface area contributed by atoms with E-state index in [0.29, 0.717) is 10.7 Å². The highest BCUT2D eigenvalue weighted by atomic mass is 32.1. The molecule has 1 saturated heterocycles. The van der Waals surface area contributed by atoms with Gasteiger partial charge in [-0.05, 0) is 79.3 Å². The van der Waals surface area contributed by atoms with Gasteiger partial charge in [0.15, 0.2) is 5.11 Å². The lowest BCUT2D eigenvalue weighted by molar-refractivity contribution is -0.384. The number of aryl methyl sites for hydroxylation is 1. The average Bonchev–Trinajstić information content (AvgIpc) is 3.46. The highest BCUT2D eigenvalue weighted by Crippen LogP contribution is 2.42. The number of anilines is 1. The maximum absolute atomic E-state index is 14.0. The molecule has 2 aromatic carbocycles. The van der Waals surface area contributed by atoms with Crippen LogP contribution in [0.3, 0.4) is 0 Å². The van der Waals surface area contributed by atoms with Crippen LogP contribution in [0.15, 0.2) is 85.2 Å². The zero-order valence-corrected chi connectivity index (χ0v) is 18.9. The molecule has 0 saturated carbocycles. The number of nitrogens with zero attached hydrogens (tertiary/aromatic N) is 4. The van der Waals surface area contributed by atoms with Gasteiger partial charge in [-0.25, -0.2) is 4.39 Å². The Balaban J connectivity index is 1.65. The van der Waals surface area contributed by atoms with Crippen molar-refractivity contribution in [3.63, 3.8) is 0 Å². The zero-order chi connectivity index (χ0) is 23.8. The number of pyridine rings is 1. The first-order valence-corrected chi connectivity index (χ1v) is 11.0. The molecular weight excluding hydrogens is 453 g/mol. The summed E-state index contributed by atoms with van der Waals surface area (Å²) in [5.41, 5.74) is 3.79. The minimum atomic E-state index is -0.421. The number of non-ortho nitro benzene ring substituents is 1. The summed E-state index contributed by atoms with van der Waals surface area (Å²) in [5, 5.41) is 15.0. The smallest absolute Gasteiger partial charge is 0.269 e. The SMILES string of the molecule is Cc1cc(N2C(=S)N[C@@H](c3ccccn3)[C@H]2c2cccn2-c2ccc([N+](=O)[O-])cc2)ccc1F. The Morgan fingerprint density at radius 2 is 1.82 bits per heavy atom. The molecule has 2 aromatic heterocycles. The van der Waals surface area contributed by atoms with Crippen LogP contribution in [0.1, 0.15) is 29.0 Å². The number of nitrogens with one attached hydrogen (secondary N) is 1. The van der Waals surface area contributed by atoms with Crippen molar-refractivity contribution in [3.8, 4) is 5.69 Å². The summed E-state index contributed by atoms with van der Waals surface area (Å²) in [6.07, 6.45) is 3.64. The van der Waals surface area contributed by atoms with Gasteiger partial charge < -0.3 is 14.8 Å². The quantitative estimate of drug-likeness (QED) is 0.237. The fourth-order valence-corrected chi connectivity index (χ4v) is 4.66. The van der Waals surface area contributed by atoms with E-state index >= 15 is 0 Å². The van der Waals surface area contributed by atoms with Gasteiger partial charge in [0.2, 0.25) is 0 Å². The van der Waals surface area contributed by atoms with Gasteiger partial charge in [0, 0.05) is 41.6 Å². The van der Waals surface area contributed by atoms with Crippen LogP contribution in [-0.2, 0) is 0 Å². The van der Waals surface area contributed by atoms with Gasteiger partial charge in [-0.2, -0.15) is 0 Å². The lowest BCUT2D eigenvalue weighted by atomic mass is 10.0. The predicted octanol–water partition coefficient (Wildman–Crippen LogP) is 5.41. The highest BCUT2D eigenvalue weighted by molar-refractivity contribution is 7.80. The number of thiocarbonyl (C=S) groups is 1. The van der Waals surface area contributed by atoms with E-state index in [9.17, 15) is 14.5 Å². The third-order valence-electron chi connectivity index (χ3n) is 5.94. The fraction of sp³-hybridized carbons (Fsp3) is 0.120. The Hall–Kier alpha value is -4.11. The van der Waals surface area contributed by atoms with Crippen molar-refractivity contribution in [2.75, 3.05) is 4.90 Å². The fourth-order valence-electron chi connectivity index (χ4n) is 4.32. The summed E-state index contributed by atoms with van der Waals surface area (Å²) >= 11 is 5.74. The molecule has 3 heterocycles. The second-order valence-corrected chi connectivity index (χ2v) is 8.39. The first-order valence-electron chi connectivity index (χ1n) is 10.6. The molecule has 1 aliphatic rings. The maximum atomic E-state index is 14.0. The van der Waals surface area contributed by atoms with Gasteiger partial charge in [0.1, 0.15) is 11.9 Å². The maximum Gasteiger partial charge on any atom is 0.269 e. The van der Waals surface area contributed by atoms with Crippen molar-refractivity contribution >= 4 is 28.7 Å². The molecule has 0 unspecified atom stereocenters. The van der Waals surface area contributed by atoms with Crippen LogP contribution in [-0.4, -0.2) is 19.6 Å². The summed E-state index contributed by atoms with van der Waals surface area (Å²) < 4.78 is 16.0. The zero-order valence-electron chi connectivity index (χ0n) is 18.1. The van der Waals surface area contributed by atoms with Crippen LogP contribution in [0.5, 0.6) is 0 Å². The molecule has 0 bridgehead atoms. The lowest BCUT2D eigenvalue weighted by Gasteiger charge is -2.29. The first kappa shape index (κ1) is 21.7. The largest absolute Gasteiger partial charge is 0.351 e. The van der Waals surface area contributed by atoms with Gasteiger partial charge in [-0.15, -0.1) is 0 Å². The Bertz CT molecular complexity index is 1370. The van der Waals surface area contributed by atoms with Crippen molar-refractivity contribution in [1.29, 1.82) is 0 Å². The van der Waals surface area contributed by atoms with Crippen molar-refractivity contribution in [3.05, 3.63) is 118 Å².